The van der Waals surface area contributed by atoms with E-state index in [2.05, 4.69) is 0 Å². The molecular formula is C61H52O17. The first-order valence-electron chi connectivity index (χ1n) is 24.9. The van der Waals surface area contributed by atoms with E-state index < -0.39 is 110 Å². The summed E-state index contributed by atoms with van der Waals surface area (Å²) in [5.41, 5.74) is 1.16. The van der Waals surface area contributed by atoms with Crippen LogP contribution in [0.5, 0.6) is 0 Å². The normalized spacial score (nSPS) is 22.6. The first-order chi connectivity index (χ1) is 38.1. The number of ether oxygens (including phenoxy) is 10. The minimum absolute atomic E-state index is 0.0163. The van der Waals surface area contributed by atoms with Gasteiger partial charge in [0, 0.05) is 0 Å². The lowest BCUT2D eigenvalue weighted by atomic mass is 9.95. The average molecular weight is 1060 g/mol. The van der Waals surface area contributed by atoms with Crippen LogP contribution in [0.15, 0.2) is 212 Å². The number of aliphatic hydroxyl groups excluding tert-OH is 1. The van der Waals surface area contributed by atoms with Crippen molar-refractivity contribution in [2.75, 3.05) is 13.2 Å². The molecule has 7 aromatic rings. The van der Waals surface area contributed by atoms with Gasteiger partial charge in [-0.25, -0.2) is 28.8 Å². The number of hydrogen-bond donors (Lipinski definition) is 1. The first-order valence-corrected chi connectivity index (χ1v) is 24.9. The van der Waals surface area contributed by atoms with Crippen molar-refractivity contribution in [3.8, 4) is 0 Å². The van der Waals surface area contributed by atoms with Crippen LogP contribution in [0.2, 0.25) is 0 Å². The third-order valence-electron chi connectivity index (χ3n) is 12.5. The Morgan fingerprint density at radius 2 is 0.667 bits per heavy atom. The minimum Gasteiger partial charge on any atom is -0.459 e. The molecule has 0 bridgehead atoms. The van der Waals surface area contributed by atoms with Crippen LogP contribution in [0.25, 0.3) is 0 Å². The van der Waals surface area contributed by atoms with Crippen LogP contribution in [-0.2, 0) is 54.0 Å². The van der Waals surface area contributed by atoms with Gasteiger partial charge in [0.1, 0.15) is 24.9 Å². The number of rotatable bonds is 19. The van der Waals surface area contributed by atoms with E-state index in [1.807, 2.05) is 30.3 Å². The zero-order valence-corrected chi connectivity index (χ0v) is 41.6. The maximum Gasteiger partial charge on any atom is 0.338 e. The van der Waals surface area contributed by atoms with E-state index in [1.54, 1.807) is 109 Å². The van der Waals surface area contributed by atoms with Crippen molar-refractivity contribution < 1.29 is 81.2 Å². The van der Waals surface area contributed by atoms with Crippen LogP contribution < -0.4 is 0 Å². The summed E-state index contributed by atoms with van der Waals surface area (Å²) in [6.07, 6.45) is -17.9. The summed E-state index contributed by atoms with van der Waals surface area (Å²) in [5, 5.41) is 11.9. The highest BCUT2D eigenvalue weighted by atomic mass is 16.8. The van der Waals surface area contributed by atoms with Crippen molar-refractivity contribution >= 4 is 35.8 Å². The SMILES string of the molecule is O=C(OC[C@H]1O[C@@H](O[C@H]2[C@H](OC(=O)c3ccccc3)[C@@H](OC(=O)c3ccccc3)[C@@H](O)O[C@@H]2COCc2ccccc2)[C@H](OC(=O)c2ccccc2)[C@@H](OC(=O)c2ccccc2)[C@H]1OC(=O)c1ccccc1)c1ccccc1. The third-order valence-corrected chi connectivity index (χ3v) is 12.5. The zero-order valence-electron chi connectivity index (χ0n) is 41.6. The molecule has 398 valence electrons. The number of hydrogen-bond acceptors (Lipinski definition) is 17. The van der Waals surface area contributed by atoms with Gasteiger partial charge in [-0.05, 0) is 78.4 Å². The molecule has 10 atom stereocenters. The van der Waals surface area contributed by atoms with Crippen LogP contribution >= 0.6 is 0 Å². The summed E-state index contributed by atoms with van der Waals surface area (Å²) in [7, 11) is 0. The molecular weight excluding hydrogens is 1000 g/mol. The molecule has 9 rings (SSSR count). The summed E-state index contributed by atoms with van der Waals surface area (Å²) < 4.78 is 62.9. The van der Waals surface area contributed by atoms with E-state index in [4.69, 9.17) is 47.4 Å². The van der Waals surface area contributed by atoms with E-state index in [-0.39, 0.29) is 40.0 Å². The number of carbonyl (C=O) groups is 6. The molecule has 0 saturated carbocycles. The van der Waals surface area contributed by atoms with Crippen LogP contribution in [0.4, 0.5) is 0 Å². The molecule has 2 fully saturated rings. The lowest BCUT2D eigenvalue weighted by Crippen LogP contribution is -2.67. The molecule has 7 aromatic carbocycles. The molecule has 0 amide bonds. The molecule has 17 heteroatoms. The summed E-state index contributed by atoms with van der Waals surface area (Å²) in [6, 6.07) is 56.2. The second-order valence-electron chi connectivity index (χ2n) is 17.9. The quantitative estimate of drug-likeness (QED) is 0.0599. The van der Waals surface area contributed by atoms with Crippen molar-refractivity contribution in [1.82, 2.24) is 0 Å². The van der Waals surface area contributed by atoms with Gasteiger partial charge in [0.05, 0.1) is 46.6 Å². The third kappa shape index (κ3) is 13.8. The second kappa shape index (κ2) is 26.3. The Morgan fingerprint density at radius 1 is 0.346 bits per heavy atom. The highest BCUT2D eigenvalue weighted by molar-refractivity contribution is 5.92. The highest BCUT2D eigenvalue weighted by Crippen LogP contribution is 2.36. The fraction of sp³-hybridized carbons (Fsp3) is 0.213. The van der Waals surface area contributed by atoms with Crippen molar-refractivity contribution in [3.05, 3.63) is 251 Å². The monoisotopic (exact) mass is 1060 g/mol. The molecule has 2 saturated heterocycles. The second-order valence-corrected chi connectivity index (χ2v) is 17.9. The topological polar surface area (TPSA) is 215 Å². The Hall–Kier alpha value is -8.84. The lowest BCUT2D eigenvalue weighted by Gasteiger charge is -2.48. The van der Waals surface area contributed by atoms with E-state index in [0.717, 1.165) is 5.56 Å². The number of benzene rings is 7. The Bertz CT molecular complexity index is 3080. The number of esters is 6. The lowest BCUT2D eigenvalue weighted by molar-refractivity contribution is -0.353. The molecule has 0 aliphatic carbocycles. The molecule has 17 nitrogen and oxygen atoms in total. The largest absolute Gasteiger partial charge is 0.459 e. The predicted octanol–water partition coefficient (Wildman–Crippen LogP) is 8.02. The molecule has 0 aromatic heterocycles. The van der Waals surface area contributed by atoms with Gasteiger partial charge in [-0.15, -0.1) is 0 Å². The van der Waals surface area contributed by atoms with E-state index in [9.17, 15) is 33.9 Å². The Balaban J connectivity index is 1.17. The Kier molecular flexibility index (Phi) is 18.2. The molecule has 0 radical (unpaired) electrons. The summed E-state index contributed by atoms with van der Waals surface area (Å²) in [4.78, 5) is 85.0. The summed E-state index contributed by atoms with van der Waals surface area (Å²) in [5.74, 6) is -5.60. The molecule has 2 aliphatic rings. The van der Waals surface area contributed by atoms with Crippen molar-refractivity contribution in [3.63, 3.8) is 0 Å². The minimum atomic E-state index is -2.00. The van der Waals surface area contributed by atoms with Crippen LogP contribution in [0.3, 0.4) is 0 Å². The van der Waals surface area contributed by atoms with Gasteiger partial charge in [-0.3, -0.25) is 0 Å². The average Bonchev–Trinajstić information content (AvgIpc) is 3.60. The maximum atomic E-state index is 14.5. The highest BCUT2D eigenvalue weighted by Gasteiger charge is 2.58. The van der Waals surface area contributed by atoms with E-state index >= 15 is 0 Å². The van der Waals surface area contributed by atoms with Gasteiger partial charge in [0.2, 0.25) is 0 Å². The van der Waals surface area contributed by atoms with Gasteiger partial charge in [-0.1, -0.05) is 140 Å². The molecule has 2 heterocycles. The zero-order chi connectivity index (χ0) is 54.2. The molecule has 0 unspecified atom stereocenters. The molecule has 0 spiro atoms. The van der Waals surface area contributed by atoms with E-state index in [0.29, 0.717) is 0 Å². The van der Waals surface area contributed by atoms with Crippen LogP contribution in [0.1, 0.15) is 67.7 Å². The summed E-state index contributed by atoms with van der Waals surface area (Å²) in [6.45, 7) is -1.08. The standard InChI is InChI=1S/C61H52O17/c62-54(40-24-10-2-11-25-40)70-38-47-48(73-55(63)41-26-12-3-13-27-41)51(75-57(65)43-30-16-5-17-31-43)53(77-59(67)45-34-20-7-21-35-45)61(72-47)78-49-46(37-69-36-39-22-8-1-9-23-39)71-60(68)52(76-58(66)44-32-18-6-19-33-44)50(49)74-56(64)42-28-14-4-15-29-42/h1-35,46-53,60-61,68H,36-38H2/t46-,47-,48+,49-,50+,51+,52-,53-,60+,61+/m1/s1. The first kappa shape index (κ1) is 54.0. The van der Waals surface area contributed by atoms with Crippen LogP contribution in [0, 0.1) is 0 Å². The van der Waals surface area contributed by atoms with Gasteiger partial charge >= 0.3 is 35.8 Å². The molecule has 1 N–H and O–H groups in total. The number of carbonyl (C=O) groups excluding carboxylic acids is 6. The van der Waals surface area contributed by atoms with Gasteiger partial charge in [-0.2, -0.15) is 0 Å². The smallest absolute Gasteiger partial charge is 0.338 e. The van der Waals surface area contributed by atoms with E-state index in [1.165, 1.54) is 72.8 Å². The maximum absolute atomic E-state index is 14.5. The van der Waals surface area contributed by atoms with Gasteiger partial charge in [0.15, 0.2) is 43.1 Å². The van der Waals surface area contributed by atoms with Crippen LogP contribution in [-0.4, -0.2) is 116 Å². The fourth-order valence-electron chi connectivity index (χ4n) is 8.64. The Morgan fingerprint density at radius 3 is 1.08 bits per heavy atom. The Labute approximate surface area is 448 Å². The summed E-state index contributed by atoms with van der Waals surface area (Å²) >= 11 is 0. The van der Waals surface area contributed by atoms with Crippen molar-refractivity contribution in [2.45, 2.75) is 68.0 Å². The molecule has 78 heavy (non-hydrogen) atoms. The van der Waals surface area contributed by atoms with Gasteiger partial charge in [0.25, 0.3) is 0 Å². The van der Waals surface area contributed by atoms with Gasteiger partial charge < -0.3 is 52.5 Å². The fourth-order valence-corrected chi connectivity index (χ4v) is 8.64. The number of aliphatic hydroxyl groups is 1. The molecule has 2 aliphatic heterocycles. The van der Waals surface area contributed by atoms with Crippen molar-refractivity contribution in [1.29, 1.82) is 0 Å². The predicted molar refractivity (Wildman–Crippen MR) is 275 cm³/mol. The van der Waals surface area contributed by atoms with Crippen molar-refractivity contribution in [2.24, 2.45) is 0 Å².